The first-order chi connectivity index (χ1) is 12.5. The van der Waals surface area contributed by atoms with E-state index in [4.69, 9.17) is 0 Å². The summed E-state index contributed by atoms with van der Waals surface area (Å²) in [7, 11) is -1.78. The monoisotopic (exact) mass is 373 g/mol. The first-order valence-electron chi connectivity index (χ1n) is 9.15. The Morgan fingerprint density at radius 1 is 1.08 bits per heavy atom. The number of anilines is 1. The molecule has 2 saturated heterocycles. The molecule has 1 aromatic heterocycles. The molecule has 0 atom stereocenters. The standard InChI is InChI=1S/C19H25N4O2S/c1-21-15-19(11-20-21)26(24,25)18-7-5-17(6-8-18)23-13-16(14-23)12-22-9-3-2-4-10-22/h2,5-8,11,15-16H,3-4,9-10,12-14H2,1H3. The van der Waals surface area contributed by atoms with Crippen molar-refractivity contribution in [2.75, 3.05) is 37.6 Å². The number of aromatic nitrogens is 2. The molecule has 4 rings (SSSR count). The molecule has 139 valence electrons. The summed E-state index contributed by atoms with van der Waals surface area (Å²) in [6.07, 6.45) is 7.72. The lowest BCUT2D eigenvalue weighted by molar-refractivity contribution is 0.197. The van der Waals surface area contributed by atoms with Crippen molar-refractivity contribution in [3.8, 4) is 0 Å². The van der Waals surface area contributed by atoms with Crippen LogP contribution >= 0.6 is 0 Å². The highest BCUT2D eigenvalue weighted by molar-refractivity contribution is 7.91. The van der Waals surface area contributed by atoms with Crippen LogP contribution < -0.4 is 4.90 Å². The second kappa shape index (κ2) is 7.04. The lowest BCUT2D eigenvalue weighted by atomic mass is 9.97. The summed E-state index contributed by atoms with van der Waals surface area (Å²) >= 11 is 0. The minimum Gasteiger partial charge on any atom is -0.371 e. The molecule has 0 bridgehead atoms. The molecule has 2 aliphatic heterocycles. The van der Waals surface area contributed by atoms with Gasteiger partial charge in [-0.3, -0.25) is 4.68 Å². The van der Waals surface area contributed by atoms with Crippen LogP contribution in [0, 0.1) is 12.3 Å². The Balaban J connectivity index is 1.37. The first kappa shape index (κ1) is 17.5. The molecule has 26 heavy (non-hydrogen) atoms. The summed E-state index contributed by atoms with van der Waals surface area (Å²) in [5.41, 5.74) is 1.10. The maximum Gasteiger partial charge on any atom is 0.209 e. The SMILES string of the molecule is Cn1cc(S(=O)(=O)c2ccc(N3CC(CN4CC[CH]CC4)C3)cc2)cn1. The van der Waals surface area contributed by atoms with Gasteiger partial charge in [-0.05, 0) is 56.6 Å². The average Bonchev–Trinajstić information content (AvgIpc) is 3.06. The maximum atomic E-state index is 12.6. The number of nitrogens with zero attached hydrogens (tertiary/aromatic N) is 4. The van der Waals surface area contributed by atoms with Crippen LogP contribution in [0.25, 0.3) is 0 Å². The molecule has 0 amide bonds. The number of sulfone groups is 1. The van der Waals surface area contributed by atoms with Gasteiger partial charge in [-0.1, -0.05) is 0 Å². The summed E-state index contributed by atoms with van der Waals surface area (Å²) < 4.78 is 26.7. The predicted molar refractivity (Wildman–Crippen MR) is 101 cm³/mol. The van der Waals surface area contributed by atoms with E-state index in [2.05, 4.69) is 21.3 Å². The lowest BCUT2D eigenvalue weighted by Crippen LogP contribution is -2.52. The van der Waals surface area contributed by atoms with Gasteiger partial charge in [-0.2, -0.15) is 5.10 Å². The zero-order valence-electron chi connectivity index (χ0n) is 15.1. The van der Waals surface area contributed by atoms with Crippen molar-refractivity contribution in [3.05, 3.63) is 43.1 Å². The van der Waals surface area contributed by atoms with Gasteiger partial charge >= 0.3 is 0 Å². The molecule has 2 aromatic rings. The van der Waals surface area contributed by atoms with Crippen LogP contribution in [-0.2, 0) is 16.9 Å². The van der Waals surface area contributed by atoms with E-state index in [1.54, 1.807) is 19.2 Å². The summed E-state index contributed by atoms with van der Waals surface area (Å²) in [6.45, 7) is 5.66. The molecule has 2 aliphatic rings. The van der Waals surface area contributed by atoms with Gasteiger partial charge in [0, 0.05) is 44.5 Å². The number of hydrogen-bond acceptors (Lipinski definition) is 5. The third-order valence-electron chi connectivity index (χ3n) is 5.28. The molecule has 7 heteroatoms. The molecule has 0 aliphatic carbocycles. The molecule has 0 spiro atoms. The fourth-order valence-electron chi connectivity index (χ4n) is 3.76. The lowest BCUT2D eigenvalue weighted by Gasteiger charge is -2.43. The Labute approximate surface area is 155 Å². The van der Waals surface area contributed by atoms with Gasteiger partial charge in [0.05, 0.1) is 11.1 Å². The van der Waals surface area contributed by atoms with E-state index in [9.17, 15) is 8.42 Å². The third-order valence-corrected chi connectivity index (χ3v) is 7.00. The zero-order valence-corrected chi connectivity index (χ0v) is 15.9. The molecule has 1 aromatic carbocycles. The number of aryl methyl sites for hydroxylation is 1. The van der Waals surface area contributed by atoms with Crippen molar-refractivity contribution in [1.82, 2.24) is 14.7 Å². The van der Waals surface area contributed by atoms with Crippen LogP contribution in [0.4, 0.5) is 5.69 Å². The van der Waals surface area contributed by atoms with Crippen LogP contribution in [0.3, 0.4) is 0 Å². The molecule has 2 fully saturated rings. The number of benzene rings is 1. The van der Waals surface area contributed by atoms with Crippen molar-refractivity contribution in [2.24, 2.45) is 13.0 Å². The van der Waals surface area contributed by atoms with Crippen molar-refractivity contribution >= 4 is 15.5 Å². The summed E-state index contributed by atoms with van der Waals surface area (Å²) in [6, 6.07) is 7.22. The van der Waals surface area contributed by atoms with Crippen LogP contribution in [0.5, 0.6) is 0 Å². The highest BCUT2D eigenvalue weighted by Gasteiger charge is 2.29. The van der Waals surface area contributed by atoms with Crippen molar-refractivity contribution < 1.29 is 8.42 Å². The van der Waals surface area contributed by atoms with Gasteiger partial charge < -0.3 is 9.80 Å². The van der Waals surface area contributed by atoms with Crippen molar-refractivity contribution in [1.29, 1.82) is 0 Å². The van der Waals surface area contributed by atoms with Gasteiger partial charge in [0.1, 0.15) is 4.90 Å². The Morgan fingerprint density at radius 2 is 1.77 bits per heavy atom. The van der Waals surface area contributed by atoms with Crippen LogP contribution in [-0.4, -0.2) is 55.8 Å². The minimum absolute atomic E-state index is 0.232. The number of piperidine rings is 1. The summed E-state index contributed by atoms with van der Waals surface area (Å²) in [5.74, 6) is 0.715. The molecular formula is C19H25N4O2S. The van der Waals surface area contributed by atoms with Gasteiger partial charge in [-0.15, -0.1) is 0 Å². The van der Waals surface area contributed by atoms with Gasteiger partial charge in [-0.25, -0.2) is 8.42 Å². The predicted octanol–water partition coefficient (Wildman–Crippen LogP) is 1.99. The molecule has 0 unspecified atom stereocenters. The second-order valence-electron chi connectivity index (χ2n) is 7.28. The van der Waals surface area contributed by atoms with Gasteiger partial charge in [0.15, 0.2) is 0 Å². The highest BCUT2D eigenvalue weighted by Crippen LogP contribution is 2.28. The fourth-order valence-corrected chi connectivity index (χ4v) is 5.00. The Morgan fingerprint density at radius 3 is 2.38 bits per heavy atom. The molecule has 0 saturated carbocycles. The van der Waals surface area contributed by atoms with E-state index in [1.807, 2.05) is 12.1 Å². The van der Waals surface area contributed by atoms with Gasteiger partial charge in [0.25, 0.3) is 0 Å². The highest BCUT2D eigenvalue weighted by atomic mass is 32.2. The largest absolute Gasteiger partial charge is 0.371 e. The van der Waals surface area contributed by atoms with Crippen molar-refractivity contribution in [3.63, 3.8) is 0 Å². The Kier molecular flexibility index (Phi) is 4.75. The molecule has 3 heterocycles. The van der Waals surface area contributed by atoms with Crippen molar-refractivity contribution in [2.45, 2.75) is 22.6 Å². The number of rotatable bonds is 5. The van der Waals surface area contributed by atoms with Gasteiger partial charge in [0.2, 0.25) is 9.84 Å². The number of hydrogen-bond donors (Lipinski definition) is 0. The molecular weight excluding hydrogens is 348 g/mol. The average molecular weight is 374 g/mol. The topological polar surface area (TPSA) is 58.4 Å². The maximum absolute atomic E-state index is 12.6. The molecule has 0 N–H and O–H groups in total. The smallest absolute Gasteiger partial charge is 0.209 e. The molecule has 1 radical (unpaired) electrons. The van der Waals surface area contributed by atoms with E-state index in [-0.39, 0.29) is 4.90 Å². The van der Waals surface area contributed by atoms with E-state index in [1.165, 1.54) is 49.6 Å². The summed E-state index contributed by atoms with van der Waals surface area (Å²) in [5, 5.41) is 3.96. The quantitative estimate of drug-likeness (QED) is 0.802. The Bertz CT molecular complexity index is 848. The molecule has 6 nitrogen and oxygen atoms in total. The number of likely N-dealkylation sites (tertiary alicyclic amines) is 1. The second-order valence-corrected chi connectivity index (χ2v) is 9.23. The van der Waals surface area contributed by atoms with E-state index >= 15 is 0 Å². The zero-order chi connectivity index (χ0) is 18.1. The first-order valence-corrected chi connectivity index (χ1v) is 10.6. The van der Waals surface area contributed by atoms with Crippen LogP contribution in [0.1, 0.15) is 12.8 Å². The third kappa shape index (κ3) is 3.50. The Hall–Kier alpha value is -1.86. The van der Waals surface area contributed by atoms with Crippen LogP contribution in [0.15, 0.2) is 46.5 Å². The fraction of sp³-hybridized carbons (Fsp3) is 0.474. The normalized spacial score (nSPS) is 19.5. The summed E-state index contributed by atoms with van der Waals surface area (Å²) in [4.78, 5) is 5.43. The van der Waals surface area contributed by atoms with E-state index in [0.717, 1.165) is 18.8 Å². The minimum atomic E-state index is -3.49. The van der Waals surface area contributed by atoms with E-state index in [0.29, 0.717) is 10.8 Å². The van der Waals surface area contributed by atoms with Crippen LogP contribution in [0.2, 0.25) is 0 Å². The van der Waals surface area contributed by atoms with E-state index < -0.39 is 9.84 Å².